The van der Waals surface area contributed by atoms with Gasteiger partial charge in [0.2, 0.25) is 5.90 Å². The van der Waals surface area contributed by atoms with Gasteiger partial charge < -0.3 is 9.47 Å². The number of halogens is 1. The van der Waals surface area contributed by atoms with E-state index in [1.165, 1.54) is 0 Å². The van der Waals surface area contributed by atoms with E-state index in [9.17, 15) is 4.79 Å². The topological polar surface area (TPSA) is 47.9 Å². The number of esters is 1. The maximum atomic E-state index is 12.6. The Balaban J connectivity index is 1.67. The van der Waals surface area contributed by atoms with Gasteiger partial charge in [-0.05, 0) is 47.9 Å². The average Bonchev–Trinajstić information content (AvgIpc) is 3.38. The predicted octanol–water partition coefficient (Wildman–Crippen LogP) is 5.55. The molecule has 3 heterocycles. The molecule has 1 aromatic heterocycles. The molecule has 136 valence electrons. The number of carbonyl (C=O) groups excluding carboxylic acids is 1. The predicted molar refractivity (Wildman–Crippen MR) is 110 cm³/mol. The van der Waals surface area contributed by atoms with Crippen molar-refractivity contribution in [1.29, 1.82) is 0 Å². The summed E-state index contributed by atoms with van der Waals surface area (Å²) in [6.07, 6.45) is 1.85. The largest absolute Gasteiger partial charge is 0.455 e. The molecule has 0 N–H and O–H groups in total. The molecule has 0 aliphatic carbocycles. The van der Waals surface area contributed by atoms with Crippen LogP contribution in [0.2, 0.25) is 5.02 Å². The van der Waals surface area contributed by atoms with Crippen molar-refractivity contribution in [2.45, 2.75) is 0 Å². The molecular formula is C22H12ClNO3S. The van der Waals surface area contributed by atoms with E-state index in [4.69, 9.17) is 21.1 Å². The molecule has 5 rings (SSSR count). The van der Waals surface area contributed by atoms with E-state index in [1.54, 1.807) is 35.6 Å². The number of thiophene rings is 1. The summed E-state index contributed by atoms with van der Waals surface area (Å²) in [5.74, 6) is 1.13. The van der Waals surface area contributed by atoms with Crippen LogP contribution in [-0.2, 0) is 9.53 Å². The van der Waals surface area contributed by atoms with Gasteiger partial charge in [-0.1, -0.05) is 35.9 Å². The van der Waals surface area contributed by atoms with Crippen molar-refractivity contribution in [2.24, 2.45) is 4.99 Å². The van der Waals surface area contributed by atoms with Crippen LogP contribution in [0.5, 0.6) is 5.75 Å². The van der Waals surface area contributed by atoms with Crippen LogP contribution < -0.4 is 4.74 Å². The smallest absolute Gasteiger partial charge is 0.364 e. The molecule has 2 aliphatic heterocycles. The second-order valence-corrected chi connectivity index (χ2v) is 7.54. The SMILES string of the molecule is O=C1OC(c2ccc(Cl)cc2)=NC1=C1C=C(c2cccs2)Oc2ccccc21. The quantitative estimate of drug-likeness (QED) is 0.415. The molecule has 3 aromatic rings. The number of rotatable bonds is 2. The Morgan fingerprint density at radius 3 is 2.54 bits per heavy atom. The molecule has 0 fully saturated rings. The van der Waals surface area contributed by atoms with E-state index in [0.717, 1.165) is 10.4 Å². The summed E-state index contributed by atoms with van der Waals surface area (Å²) in [6.45, 7) is 0. The summed E-state index contributed by atoms with van der Waals surface area (Å²) in [4.78, 5) is 18.1. The van der Waals surface area contributed by atoms with E-state index < -0.39 is 5.97 Å². The van der Waals surface area contributed by atoms with Gasteiger partial charge in [0, 0.05) is 21.7 Å². The third kappa shape index (κ3) is 2.95. The van der Waals surface area contributed by atoms with Crippen molar-refractivity contribution in [2.75, 3.05) is 0 Å². The first kappa shape index (κ1) is 17.0. The summed E-state index contributed by atoms with van der Waals surface area (Å²) in [5, 5.41) is 2.59. The maximum Gasteiger partial charge on any atom is 0.364 e. The number of nitrogens with zero attached hydrogens (tertiary/aromatic N) is 1. The van der Waals surface area contributed by atoms with E-state index in [0.29, 0.717) is 27.7 Å². The summed E-state index contributed by atoms with van der Waals surface area (Å²) < 4.78 is 11.5. The fourth-order valence-electron chi connectivity index (χ4n) is 3.06. The van der Waals surface area contributed by atoms with Gasteiger partial charge >= 0.3 is 5.97 Å². The molecule has 2 aliphatic rings. The normalized spacial score (nSPS) is 18.1. The van der Waals surface area contributed by atoms with E-state index in [-0.39, 0.29) is 11.6 Å². The molecule has 0 saturated carbocycles. The van der Waals surface area contributed by atoms with Crippen LogP contribution in [0.1, 0.15) is 16.0 Å². The molecule has 0 atom stereocenters. The molecule has 4 nitrogen and oxygen atoms in total. The summed E-state index contributed by atoms with van der Waals surface area (Å²) in [7, 11) is 0. The van der Waals surface area contributed by atoms with Crippen LogP contribution in [0.25, 0.3) is 11.3 Å². The third-order valence-electron chi connectivity index (χ3n) is 4.38. The number of hydrogen-bond acceptors (Lipinski definition) is 5. The number of para-hydroxylation sites is 1. The zero-order chi connectivity index (χ0) is 19.1. The number of hydrogen-bond donors (Lipinski definition) is 0. The molecule has 6 heteroatoms. The van der Waals surface area contributed by atoms with Gasteiger partial charge in [0.25, 0.3) is 0 Å². The first-order valence-electron chi connectivity index (χ1n) is 8.53. The average molecular weight is 406 g/mol. The zero-order valence-electron chi connectivity index (χ0n) is 14.4. The maximum absolute atomic E-state index is 12.6. The van der Waals surface area contributed by atoms with Gasteiger partial charge in [-0.3, -0.25) is 0 Å². The van der Waals surface area contributed by atoms with Gasteiger partial charge in [0.15, 0.2) is 5.70 Å². The van der Waals surface area contributed by atoms with Crippen LogP contribution in [0.4, 0.5) is 0 Å². The highest BCUT2D eigenvalue weighted by atomic mass is 35.5. The van der Waals surface area contributed by atoms with Gasteiger partial charge in [-0.2, -0.15) is 0 Å². The Morgan fingerprint density at radius 2 is 1.75 bits per heavy atom. The Kier molecular flexibility index (Phi) is 4.11. The van der Waals surface area contributed by atoms with Crippen LogP contribution in [0.3, 0.4) is 0 Å². The molecule has 0 unspecified atom stereocenters. The van der Waals surface area contributed by atoms with Crippen molar-refractivity contribution >= 4 is 46.1 Å². The van der Waals surface area contributed by atoms with E-state index in [2.05, 4.69) is 4.99 Å². The Bertz CT molecular complexity index is 1170. The lowest BCUT2D eigenvalue weighted by molar-refractivity contribution is -0.129. The molecule has 0 spiro atoms. The number of carbonyl (C=O) groups is 1. The molecule has 2 aromatic carbocycles. The van der Waals surface area contributed by atoms with Crippen molar-refractivity contribution in [1.82, 2.24) is 0 Å². The lowest BCUT2D eigenvalue weighted by Gasteiger charge is -2.19. The van der Waals surface area contributed by atoms with E-state index >= 15 is 0 Å². The zero-order valence-corrected chi connectivity index (χ0v) is 16.0. The monoisotopic (exact) mass is 405 g/mol. The van der Waals surface area contributed by atoms with Gasteiger partial charge in [-0.25, -0.2) is 9.79 Å². The highest BCUT2D eigenvalue weighted by Gasteiger charge is 2.30. The second-order valence-electron chi connectivity index (χ2n) is 6.16. The van der Waals surface area contributed by atoms with Crippen LogP contribution in [0, 0.1) is 0 Å². The fraction of sp³-hybridized carbons (Fsp3) is 0. The lowest BCUT2D eigenvalue weighted by atomic mass is 9.99. The number of allylic oxidation sites excluding steroid dienone is 2. The Hall–Kier alpha value is -3.15. The van der Waals surface area contributed by atoms with E-state index in [1.807, 2.05) is 47.9 Å². The first-order chi connectivity index (χ1) is 13.7. The molecule has 28 heavy (non-hydrogen) atoms. The van der Waals surface area contributed by atoms with Gasteiger partial charge in [-0.15, -0.1) is 11.3 Å². The Morgan fingerprint density at radius 1 is 0.929 bits per heavy atom. The molecule has 0 saturated heterocycles. The van der Waals surface area contributed by atoms with Crippen LogP contribution in [0.15, 0.2) is 82.8 Å². The summed E-state index contributed by atoms with van der Waals surface area (Å²) in [5.41, 5.74) is 2.43. The van der Waals surface area contributed by atoms with Crippen molar-refractivity contribution in [3.05, 3.63) is 98.8 Å². The molecule has 0 amide bonds. The number of ether oxygens (including phenoxy) is 2. The van der Waals surface area contributed by atoms with Gasteiger partial charge in [0.05, 0.1) is 4.88 Å². The minimum absolute atomic E-state index is 0.259. The standard InChI is InChI=1S/C22H12ClNO3S/c23-14-9-7-13(8-10-14)21-24-20(22(25)27-21)16-12-18(19-6-3-11-28-19)26-17-5-2-1-4-15(16)17/h1-12H. The number of fused-ring (bicyclic) bond motifs is 1. The Labute approximate surface area is 170 Å². The highest BCUT2D eigenvalue weighted by Crippen LogP contribution is 2.40. The minimum atomic E-state index is -0.488. The van der Waals surface area contributed by atoms with Crippen molar-refractivity contribution in [3.63, 3.8) is 0 Å². The minimum Gasteiger partial charge on any atom is -0.455 e. The first-order valence-corrected chi connectivity index (χ1v) is 9.79. The van der Waals surface area contributed by atoms with Crippen molar-refractivity contribution in [3.8, 4) is 5.75 Å². The highest BCUT2D eigenvalue weighted by molar-refractivity contribution is 7.11. The van der Waals surface area contributed by atoms with Crippen LogP contribution in [-0.4, -0.2) is 11.9 Å². The number of benzene rings is 2. The number of aliphatic imine (C=N–C) groups is 1. The lowest BCUT2D eigenvalue weighted by Crippen LogP contribution is -2.08. The summed E-state index contributed by atoms with van der Waals surface area (Å²) in [6, 6.07) is 18.5. The van der Waals surface area contributed by atoms with Gasteiger partial charge in [0.1, 0.15) is 11.5 Å². The molecular weight excluding hydrogens is 394 g/mol. The second kappa shape index (κ2) is 6.78. The van der Waals surface area contributed by atoms with Crippen molar-refractivity contribution < 1.29 is 14.3 Å². The molecule has 0 radical (unpaired) electrons. The summed E-state index contributed by atoms with van der Waals surface area (Å²) >= 11 is 7.51. The molecule has 0 bridgehead atoms. The van der Waals surface area contributed by atoms with Crippen LogP contribution >= 0.6 is 22.9 Å². The third-order valence-corrected chi connectivity index (χ3v) is 5.52. The fourth-order valence-corrected chi connectivity index (χ4v) is 3.87. The number of cyclic esters (lactones) is 1.